The number of aromatic nitrogens is 2. The van der Waals surface area contributed by atoms with Crippen molar-refractivity contribution in [1.82, 2.24) is 9.97 Å². The van der Waals surface area contributed by atoms with Crippen LogP contribution in [-0.4, -0.2) is 47.2 Å². The molecule has 0 aromatic carbocycles. The summed E-state index contributed by atoms with van der Waals surface area (Å²) < 4.78 is 5.89. The molecule has 2 aliphatic heterocycles. The summed E-state index contributed by atoms with van der Waals surface area (Å²) in [4.78, 5) is 10.9. The number of aliphatic hydroxyl groups excluding tert-OH is 1. The number of nitrogens with zero attached hydrogens (tertiary/aromatic N) is 3. The standard InChI is InChI=1S/C18H27N5O2.C2H6/c1-3-5-13(4-2)8-9-19-17-16-18(21-11-20-17)23(12-22-16)15-7-6-14(10-24)25-15;1-2/h3-5,11,14-15,22,24H,6-10,12H2,1-2H3,(H,19,20,21);1-2H3/b5-3-,13-4+;. The lowest BCUT2D eigenvalue weighted by Gasteiger charge is -2.24. The normalized spacial score (nSPS) is 21.7. The van der Waals surface area contributed by atoms with Gasteiger partial charge < -0.3 is 25.4 Å². The van der Waals surface area contributed by atoms with Gasteiger partial charge in [-0.25, -0.2) is 9.97 Å². The Hall–Kier alpha value is -2.12. The molecule has 3 rings (SSSR count). The molecule has 0 aliphatic carbocycles. The molecule has 0 saturated carbocycles. The van der Waals surface area contributed by atoms with Crippen LogP contribution in [0.1, 0.15) is 47.0 Å². The van der Waals surface area contributed by atoms with Crippen molar-refractivity contribution in [3.8, 4) is 0 Å². The number of fused-ring (bicyclic) bond motifs is 1. The fourth-order valence-electron chi connectivity index (χ4n) is 3.28. The third-order valence-corrected chi connectivity index (χ3v) is 4.62. The summed E-state index contributed by atoms with van der Waals surface area (Å²) in [5.74, 6) is 1.68. The van der Waals surface area contributed by atoms with Gasteiger partial charge in [-0.1, -0.05) is 37.6 Å². The molecular weight excluding hydrogens is 342 g/mol. The number of hydrogen-bond donors (Lipinski definition) is 3. The second-order valence-electron chi connectivity index (χ2n) is 6.24. The van der Waals surface area contributed by atoms with Crippen LogP contribution in [0.25, 0.3) is 0 Å². The van der Waals surface area contributed by atoms with Crippen LogP contribution in [0, 0.1) is 0 Å². The van der Waals surface area contributed by atoms with E-state index >= 15 is 0 Å². The highest BCUT2D eigenvalue weighted by molar-refractivity contribution is 5.81. The molecule has 2 aliphatic rings. The van der Waals surface area contributed by atoms with E-state index in [1.54, 1.807) is 6.33 Å². The van der Waals surface area contributed by atoms with Crippen molar-refractivity contribution >= 4 is 17.3 Å². The van der Waals surface area contributed by atoms with E-state index < -0.39 is 0 Å². The van der Waals surface area contributed by atoms with Gasteiger partial charge in [-0.05, 0) is 33.1 Å². The van der Waals surface area contributed by atoms with Gasteiger partial charge in [0.05, 0.1) is 19.4 Å². The quantitative estimate of drug-likeness (QED) is 0.629. The Balaban J connectivity index is 0.00000126. The highest BCUT2D eigenvalue weighted by Crippen LogP contribution is 2.37. The molecule has 0 radical (unpaired) electrons. The van der Waals surface area contributed by atoms with Gasteiger partial charge >= 0.3 is 0 Å². The number of aliphatic hydroxyl groups is 1. The van der Waals surface area contributed by atoms with E-state index in [2.05, 4.69) is 50.7 Å². The third-order valence-electron chi connectivity index (χ3n) is 4.62. The zero-order valence-electron chi connectivity index (χ0n) is 16.9. The summed E-state index contributed by atoms with van der Waals surface area (Å²) >= 11 is 0. The van der Waals surface area contributed by atoms with Crippen LogP contribution in [0.4, 0.5) is 17.3 Å². The van der Waals surface area contributed by atoms with Crippen LogP contribution in [0.3, 0.4) is 0 Å². The SMILES string of the molecule is C/C=C\C(=C/C)CCNc1ncnc2c1NCN2C1CCC(CO)O1.CC. The monoisotopic (exact) mass is 375 g/mol. The Morgan fingerprint density at radius 2 is 2.19 bits per heavy atom. The molecule has 0 bridgehead atoms. The lowest BCUT2D eigenvalue weighted by atomic mass is 10.1. The maximum Gasteiger partial charge on any atom is 0.161 e. The maximum atomic E-state index is 9.26. The second-order valence-corrected chi connectivity index (χ2v) is 6.24. The fourth-order valence-corrected chi connectivity index (χ4v) is 3.28. The first-order chi connectivity index (χ1) is 13.3. The summed E-state index contributed by atoms with van der Waals surface area (Å²) in [6.07, 6.45) is 10.5. The van der Waals surface area contributed by atoms with Crippen molar-refractivity contribution in [3.63, 3.8) is 0 Å². The summed E-state index contributed by atoms with van der Waals surface area (Å²) in [5, 5.41) is 16.0. The zero-order valence-corrected chi connectivity index (χ0v) is 16.9. The molecule has 1 fully saturated rings. The van der Waals surface area contributed by atoms with Crippen LogP contribution in [0.5, 0.6) is 0 Å². The minimum atomic E-state index is -0.0700. The second kappa shape index (κ2) is 10.9. The predicted octanol–water partition coefficient (Wildman–Crippen LogP) is 3.51. The highest BCUT2D eigenvalue weighted by Gasteiger charge is 2.35. The molecule has 2 atom stereocenters. The lowest BCUT2D eigenvalue weighted by molar-refractivity contribution is 0.0115. The Labute approximate surface area is 162 Å². The van der Waals surface area contributed by atoms with Gasteiger partial charge in [0.2, 0.25) is 0 Å². The molecule has 3 heterocycles. The van der Waals surface area contributed by atoms with Gasteiger partial charge in [0.15, 0.2) is 11.6 Å². The van der Waals surface area contributed by atoms with E-state index in [0.717, 1.165) is 43.1 Å². The van der Waals surface area contributed by atoms with Crippen LogP contribution in [0.2, 0.25) is 0 Å². The summed E-state index contributed by atoms with van der Waals surface area (Å²) in [7, 11) is 0. The zero-order chi connectivity index (χ0) is 19.6. The Morgan fingerprint density at radius 1 is 1.37 bits per heavy atom. The van der Waals surface area contributed by atoms with E-state index in [-0.39, 0.29) is 18.9 Å². The van der Waals surface area contributed by atoms with Crippen molar-refractivity contribution in [2.45, 2.75) is 59.3 Å². The summed E-state index contributed by atoms with van der Waals surface area (Å²) in [6.45, 7) is 9.60. The third kappa shape index (κ3) is 5.20. The number of allylic oxidation sites excluding steroid dienone is 3. The first-order valence-corrected chi connectivity index (χ1v) is 9.90. The van der Waals surface area contributed by atoms with Crippen molar-refractivity contribution in [2.75, 3.05) is 35.4 Å². The van der Waals surface area contributed by atoms with Crippen molar-refractivity contribution in [1.29, 1.82) is 0 Å². The average Bonchev–Trinajstić information content (AvgIpc) is 3.35. The topological polar surface area (TPSA) is 82.5 Å². The molecule has 27 heavy (non-hydrogen) atoms. The van der Waals surface area contributed by atoms with E-state index in [1.165, 1.54) is 5.57 Å². The number of hydrogen-bond acceptors (Lipinski definition) is 7. The maximum absolute atomic E-state index is 9.26. The van der Waals surface area contributed by atoms with Crippen LogP contribution < -0.4 is 15.5 Å². The van der Waals surface area contributed by atoms with Crippen LogP contribution in [-0.2, 0) is 4.74 Å². The van der Waals surface area contributed by atoms with Gasteiger partial charge in [-0.15, -0.1) is 0 Å². The molecule has 1 aromatic heterocycles. The van der Waals surface area contributed by atoms with Gasteiger partial charge in [-0.3, -0.25) is 0 Å². The van der Waals surface area contributed by atoms with E-state index in [0.29, 0.717) is 6.67 Å². The first kappa shape index (κ1) is 21.2. The van der Waals surface area contributed by atoms with Crippen LogP contribution >= 0.6 is 0 Å². The van der Waals surface area contributed by atoms with E-state index in [4.69, 9.17) is 4.74 Å². The number of anilines is 3. The van der Waals surface area contributed by atoms with Gasteiger partial charge in [-0.2, -0.15) is 0 Å². The minimum absolute atomic E-state index is 0.0435. The molecule has 0 spiro atoms. The van der Waals surface area contributed by atoms with Gasteiger partial charge in [0.25, 0.3) is 0 Å². The molecule has 7 heteroatoms. The molecule has 150 valence electrons. The first-order valence-electron chi connectivity index (χ1n) is 9.90. The lowest BCUT2D eigenvalue weighted by Crippen LogP contribution is -2.35. The molecule has 0 amide bonds. The molecule has 2 unspecified atom stereocenters. The smallest absolute Gasteiger partial charge is 0.161 e. The van der Waals surface area contributed by atoms with Crippen LogP contribution in [0.15, 0.2) is 30.1 Å². The Kier molecular flexibility index (Phi) is 8.54. The summed E-state index contributed by atoms with van der Waals surface area (Å²) in [6, 6.07) is 0. The fraction of sp³-hybridized carbons (Fsp3) is 0.600. The molecule has 3 N–H and O–H groups in total. The van der Waals surface area contributed by atoms with E-state index in [9.17, 15) is 5.11 Å². The molecular formula is C20H33N5O2. The molecule has 1 aromatic rings. The minimum Gasteiger partial charge on any atom is -0.394 e. The number of nitrogens with one attached hydrogen (secondary N) is 2. The van der Waals surface area contributed by atoms with Crippen molar-refractivity contribution in [2.24, 2.45) is 0 Å². The Morgan fingerprint density at radius 3 is 2.85 bits per heavy atom. The average molecular weight is 376 g/mol. The van der Waals surface area contributed by atoms with Gasteiger partial charge in [0.1, 0.15) is 18.2 Å². The Bertz CT molecular complexity index is 647. The molecule has 1 saturated heterocycles. The predicted molar refractivity (Wildman–Crippen MR) is 111 cm³/mol. The highest BCUT2D eigenvalue weighted by atomic mass is 16.5. The molecule has 7 nitrogen and oxygen atoms in total. The van der Waals surface area contributed by atoms with Crippen molar-refractivity contribution in [3.05, 3.63) is 30.1 Å². The largest absolute Gasteiger partial charge is 0.394 e. The van der Waals surface area contributed by atoms with Gasteiger partial charge in [0, 0.05) is 6.54 Å². The summed E-state index contributed by atoms with van der Waals surface area (Å²) in [5.41, 5.74) is 2.22. The number of ether oxygens (including phenoxy) is 1. The van der Waals surface area contributed by atoms with E-state index in [1.807, 2.05) is 20.8 Å². The number of rotatable bonds is 7. The van der Waals surface area contributed by atoms with Crippen molar-refractivity contribution < 1.29 is 9.84 Å².